The molecule has 1 aromatic carbocycles. The first-order valence-electron chi connectivity index (χ1n) is 6.05. The number of pyridine rings is 1. The van der Waals surface area contributed by atoms with Crippen LogP contribution >= 0.6 is 0 Å². The van der Waals surface area contributed by atoms with Crippen molar-refractivity contribution < 1.29 is 9.90 Å². The Morgan fingerprint density at radius 2 is 1.94 bits per heavy atom. The summed E-state index contributed by atoms with van der Waals surface area (Å²) in [6.45, 7) is 5.67. The first-order chi connectivity index (χ1) is 8.67. The molecule has 0 spiro atoms. The molecule has 0 atom stereocenters. The molecule has 1 heterocycles. The molecule has 2 rings (SSSR count). The minimum absolute atomic E-state index is 0.0931. The monoisotopic (exact) mass is 244 g/mol. The van der Waals surface area contributed by atoms with Crippen LogP contribution in [0.25, 0.3) is 10.8 Å². The second kappa shape index (κ2) is 5.04. The quantitative estimate of drug-likeness (QED) is 0.898. The average Bonchev–Trinajstić information content (AvgIpc) is 2.39. The molecule has 1 aromatic heterocycles. The van der Waals surface area contributed by atoms with Gasteiger partial charge in [-0.1, -0.05) is 24.3 Å². The minimum atomic E-state index is -0.992. The van der Waals surface area contributed by atoms with E-state index in [-0.39, 0.29) is 5.69 Å². The molecule has 94 valence electrons. The summed E-state index contributed by atoms with van der Waals surface area (Å²) < 4.78 is 0. The first kappa shape index (κ1) is 12.4. The third-order valence-electron chi connectivity index (χ3n) is 3.00. The van der Waals surface area contributed by atoms with Crippen LogP contribution in [-0.4, -0.2) is 29.1 Å². The van der Waals surface area contributed by atoms with Gasteiger partial charge in [0.2, 0.25) is 0 Å². The molecule has 0 fully saturated rings. The molecule has 0 aliphatic heterocycles. The van der Waals surface area contributed by atoms with Gasteiger partial charge in [-0.05, 0) is 25.3 Å². The normalized spacial score (nSPS) is 10.6. The lowest BCUT2D eigenvalue weighted by Gasteiger charge is -2.21. The topological polar surface area (TPSA) is 53.4 Å². The molecule has 4 nitrogen and oxygen atoms in total. The third kappa shape index (κ3) is 2.14. The largest absolute Gasteiger partial charge is 0.477 e. The number of hydrogen-bond donors (Lipinski definition) is 1. The highest BCUT2D eigenvalue weighted by atomic mass is 16.4. The zero-order valence-corrected chi connectivity index (χ0v) is 10.6. The number of rotatable bonds is 4. The highest BCUT2D eigenvalue weighted by molar-refractivity contribution is 5.98. The Hall–Kier alpha value is -2.10. The number of anilines is 1. The third-order valence-corrected chi connectivity index (χ3v) is 3.00. The van der Waals surface area contributed by atoms with E-state index < -0.39 is 5.97 Å². The summed E-state index contributed by atoms with van der Waals surface area (Å²) in [6.07, 6.45) is 0. The lowest BCUT2D eigenvalue weighted by Crippen LogP contribution is -2.24. The predicted octanol–water partition coefficient (Wildman–Crippen LogP) is 2.78. The maximum Gasteiger partial charge on any atom is 0.354 e. The number of nitrogens with zero attached hydrogens (tertiary/aromatic N) is 2. The Morgan fingerprint density at radius 3 is 2.56 bits per heavy atom. The number of aromatic nitrogens is 1. The second-order valence-corrected chi connectivity index (χ2v) is 4.03. The molecule has 18 heavy (non-hydrogen) atoms. The molecule has 0 bridgehead atoms. The van der Waals surface area contributed by atoms with Crippen LogP contribution in [0.3, 0.4) is 0 Å². The summed E-state index contributed by atoms with van der Waals surface area (Å²) >= 11 is 0. The van der Waals surface area contributed by atoms with Crippen molar-refractivity contribution in [2.75, 3.05) is 18.0 Å². The van der Waals surface area contributed by atoms with Gasteiger partial charge in [0.05, 0.1) is 0 Å². The van der Waals surface area contributed by atoms with Gasteiger partial charge in [-0.3, -0.25) is 0 Å². The molecule has 2 aromatic rings. The van der Waals surface area contributed by atoms with Gasteiger partial charge in [0.25, 0.3) is 0 Å². The van der Waals surface area contributed by atoms with Crippen LogP contribution in [-0.2, 0) is 0 Å². The predicted molar refractivity (Wildman–Crippen MR) is 72.3 cm³/mol. The number of fused-ring (bicyclic) bond motifs is 1. The molecule has 0 saturated heterocycles. The number of hydrogen-bond acceptors (Lipinski definition) is 3. The van der Waals surface area contributed by atoms with Crippen LogP contribution in [0, 0.1) is 0 Å². The van der Waals surface area contributed by atoms with Crippen LogP contribution in [0.15, 0.2) is 30.3 Å². The van der Waals surface area contributed by atoms with Crippen LogP contribution < -0.4 is 4.90 Å². The number of carbonyl (C=O) groups is 1. The van der Waals surface area contributed by atoms with Crippen LogP contribution in [0.5, 0.6) is 0 Å². The Labute approximate surface area is 106 Å². The zero-order valence-electron chi connectivity index (χ0n) is 10.6. The van der Waals surface area contributed by atoms with Crippen LogP contribution in [0.4, 0.5) is 5.82 Å². The van der Waals surface area contributed by atoms with E-state index in [0.717, 1.165) is 29.7 Å². The highest BCUT2D eigenvalue weighted by Gasteiger charge is 2.13. The lowest BCUT2D eigenvalue weighted by molar-refractivity contribution is 0.0691. The Morgan fingerprint density at radius 1 is 1.28 bits per heavy atom. The van der Waals surface area contributed by atoms with Crippen molar-refractivity contribution in [3.63, 3.8) is 0 Å². The molecule has 0 unspecified atom stereocenters. The lowest BCUT2D eigenvalue weighted by atomic mass is 10.1. The fourth-order valence-electron chi connectivity index (χ4n) is 2.05. The van der Waals surface area contributed by atoms with Gasteiger partial charge in [0.1, 0.15) is 5.82 Å². The molecule has 4 heteroatoms. The van der Waals surface area contributed by atoms with Crippen LogP contribution in [0.1, 0.15) is 24.3 Å². The van der Waals surface area contributed by atoms with E-state index in [1.54, 1.807) is 6.07 Å². The van der Waals surface area contributed by atoms with E-state index in [2.05, 4.69) is 9.88 Å². The minimum Gasteiger partial charge on any atom is -0.477 e. The number of benzene rings is 1. The summed E-state index contributed by atoms with van der Waals surface area (Å²) in [5, 5.41) is 11.0. The van der Waals surface area contributed by atoms with Gasteiger partial charge >= 0.3 is 5.97 Å². The molecule has 0 aliphatic carbocycles. The highest BCUT2D eigenvalue weighted by Crippen LogP contribution is 2.25. The van der Waals surface area contributed by atoms with Gasteiger partial charge in [-0.2, -0.15) is 0 Å². The number of carboxylic acid groups (broad SMARTS) is 1. The fraction of sp³-hybridized carbons (Fsp3) is 0.286. The van der Waals surface area contributed by atoms with E-state index in [1.807, 2.05) is 38.1 Å². The molecule has 0 amide bonds. The standard InChI is InChI=1S/C14H16N2O2/c1-3-16(4-2)13-11-8-6-5-7-10(11)9-12(15-13)14(17)18/h5-9H,3-4H2,1-2H3,(H,17,18). The van der Waals surface area contributed by atoms with E-state index in [0.29, 0.717) is 0 Å². The maximum absolute atomic E-state index is 11.1. The number of aromatic carboxylic acids is 1. The van der Waals surface area contributed by atoms with Crippen molar-refractivity contribution in [2.24, 2.45) is 0 Å². The zero-order chi connectivity index (χ0) is 13.1. The summed E-state index contributed by atoms with van der Waals surface area (Å²) in [7, 11) is 0. The van der Waals surface area contributed by atoms with Crippen molar-refractivity contribution in [3.8, 4) is 0 Å². The molecule has 1 N–H and O–H groups in total. The smallest absolute Gasteiger partial charge is 0.354 e. The van der Waals surface area contributed by atoms with Crippen molar-refractivity contribution in [3.05, 3.63) is 36.0 Å². The van der Waals surface area contributed by atoms with E-state index in [1.165, 1.54) is 0 Å². The van der Waals surface area contributed by atoms with Crippen molar-refractivity contribution in [1.29, 1.82) is 0 Å². The van der Waals surface area contributed by atoms with E-state index in [4.69, 9.17) is 5.11 Å². The first-order valence-corrected chi connectivity index (χ1v) is 6.05. The van der Waals surface area contributed by atoms with Crippen molar-refractivity contribution in [1.82, 2.24) is 4.98 Å². The summed E-state index contributed by atoms with van der Waals surface area (Å²) in [4.78, 5) is 17.4. The maximum atomic E-state index is 11.1. The van der Waals surface area contributed by atoms with Gasteiger partial charge in [0, 0.05) is 18.5 Å². The Kier molecular flexibility index (Phi) is 3.46. The van der Waals surface area contributed by atoms with E-state index in [9.17, 15) is 4.79 Å². The molecule has 0 saturated carbocycles. The summed E-state index contributed by atoms with van der Waals surface area (Å²) in [5.41, 5.74) is 0.0931. The summed E-state index contributed by atoms with van der Waals surface area (Å²) in [6, 6.07) is 9.35. The number of carboxylic acids is 1. The SMILES string of the molecule is CCN(CC)c1nc(C(=O)O)cc2ccccc12. The van der Waals surface area contributed by atoms with Crippen molar-refractivity contribution >= 4 is 22.6 Å². The van der Waals surface area contributed by atoms with Crippen molar-refractivity contribution in [2.45, 2.75) is 13.8 Å². The fourth-order valence-corrected chi connectivity index (χ4v) is 2.05. The van der Waals surface area contributed by atoms with Gasteiger partial charge in [-0.25, -0.2) is 9.78 Å². The van der Waals surface area contributed by atoms with Gasteiger partial charge in [-0.15, -0.1) is 0 Å². The Balaban J connectivity index is 2.71. The molecular weight excluding hydrogens is 228 g/mol. The molecular formula is C14H16N2O2. The average molecular weight is 244 g/mol. The molecule has 0 aliphatic rings. The second-order valence-electron chi connectivity index (χ2n) is 4.03. The van der Waals surface area contributed by atoms with Gasteiger partial charge < -0.3 is 10.0 Å². The molecule has 0 radical (unpaired) electrons. The van der Waals surface area contributed by atoms with Gasteiger partial charge in [0.15, 0.2) is 5.69 Å². The Bertz CT molecular complexity index is 577. The summed E-state index contributed by atoms with van der Waals surface area (Å²) in [5.74, 6) is -0.246. The van der Waals surface area contributed by atoms with Crippen LogP contribution in [0.2, 0.25) is 0 Å². The van der Waals surface area contributed by atoms with E-state index >= 15 is 0 Å².